The highest BCUT2D eigenvalue weighted by molar-refractivity contribution is 7.39. The average molecular weight is 399 g/mol. The number of nitrogens with zero attached hydrogens (tertiary/aromatic N) is 3. The third-order valence-corrected chi connectivity index (χ3v) is 3.99. The summed E-state index contributed by atoms with van der Waals surface area (Å²) in [6.45, 7) is 3.99. The zero-order valence-corrected chi connectivity index (χ0v) is 16.0. The number of nitrogens with one attached hydrogen (secondary N) is 1. The van der Waals surface area contributed by atoms with Gasteiger partial charge >= 0.3 is 14.6 Å². The van der Waals surface area contributed by atoms with Crippen LogP contribution in [0.25, 0.3) is 17.4 Å². The highest BCUT2D eigenvalue weighted by Gasteiger charge is 2.31. The highest BCUT2D eigenvalue weighted by Crippen LogP contribution is 2.38. The molecule has 1 fully saturated rings. The van der Waals surface area contributed by atoms with Gasteiger partial charge in [0.1, 0.15) is 6.33 Å². The van der Waals surface area contributed by atoms with E-state index >= 15 is 0 Å². The molecule has 0 radical (unpaired) electrons. The van der Waals surface area contributed by atoms with Crippen LogP contribution in [0.1, 0.15) is 20.3 Å². The fraction of sp³-hybridized carbons (Fsp3) is 0.467. The number of carbonyl (C=O) groups is 1. The zero-order chi connectivity index (χ0) is 20.1. The number of nitrogens with two attached hydrogens (primary N) is 1. The van der Waals surface area contributed by atoms with Crippen LogP contribution >= 0.6 is 8.60 Å². The maximum Gasteiger partial charge on any atom is 0.326 e. The largest absolute Gasteiger partial charge is 0.465 e. The number of H-pyrrole nitrogens is 1. The number of hydrogen-bond acceptors (Lipinski definition) is 9. The standard InChI is InChI=1S/C14H17N5O3.CH5O3P/c1-7(2)13(21)22-5-9-3-8(9)4-19-6-16-10-11(19)17-14(15)18-12(10)20;1-4-5(2)3/h4,6-7,9H,3,5H2,1-2H3,(H3,15,17,18,20);2-3H,1H3/b8-4-;. The van der Waals surface area contributed by atoms with Crippen LogP contribution in [-0.2, 0) is 14.1 Å². The Morgan fingerprint density at radius 2 is 2.22 bits per heavy atom. The van der Waals surface area contributed by atoms with Gasteiger partial charge in [-0.1, -0.05) is 13.8 Å². The Bertz CT molecular complexity index is 890. The third-order valence-electron chi connectivity index (χ3n) is 3.66. The number of rotatable bonds is 5. The van der Waals surface area contributed by atoms with Gasteiger partial charge in [0.2, 0.25) is 5.95 Å². The van der Waals surface area contributed by atoms with Gasteiger partial charge in [0, 0.05) is 19.2 Å². The smallest absolute Gasteiger partial charge is 0.326 e. The summed E-state index contributed by atoms with van der Waals surface area (Å²) >= 11 is 0. The first-order chi connectivity index (χ1) is 12.7. The lowest BCUT2D eigenvalue weighted by Gasteiger charge is -2.05. The van der Waals surface area contributed by atoms with Crippen molar-refractivity contribution < 1.29 is 23.8 Å². The van der Waals surface area contributed by atoms with Gasteiger partial charge in [0.15, 0.2) is 11.2 Å². The summed E-state index contributed by atoms with van der Waals surface area (Å²) in [5, 5.41) is 0. The predicted octanol–water partition coefficient (Wildman–Crippen LogP) is 0.606. The average Bonchev–Trinajstić information content (AvgIpc) is 3.22. The SMILES string of the molecule is CC(C)C(=O)OCC1C/C1=C/n1cnc2c(=O)[nH]c(N)nc21.COP(O)O. The highest BCUT2D eigenvalue weighted by atomic mass is 31.2. The molecule has 2 heterocycles. The number of esters is 1. The van der Waals surface area contributed by atoms with Crippen molar-refractivity contribution in [3.05, 3.63) is 22.3 Å². The number of nitrogen functional groups attached to an aromatic ring is 1. The molecule has 1 atom stereocenters. The monoisotopic (exact) mass is 399 g/mol. The van der Waals surface area contributed by atoms with E-state index in [1.807, 2.05) is 6.20 Å². The predicted molar refractivity (Wildman–Crippen MR) is 99.1 cm³/mol. The van der Waals surface area contributed by atoms with E-state index in [-0.39, 0.29) is 34.8 Å². The van der Waals surface area contributed by atoms with Crippen molar-refractivity contribution >= 4 is 37.9 Å². The van der Waals surface area contributed by atoms with E-state index < -0.39 is 8.60 Å². The molecule has 148 valence electrons. The molecule has 2 aromatic rings. The maximum atomic E-state index is 11.7. The quantitative estimate of drug-likeness (QED) is 0.416. The molecule has 12 heteroatoms. The molecule has 0 bridgehead atoms. The molecule has 2 aromatic heterocycles. The molecule has 1 aliphatic rings. The molecule has 0 spiro atoms. The van der Waals surface area contributed by atoms with Gasteiger partial charge in [-0.15, -0.1) is 0 Å². The Morgan fingerprint density at radius 3 is 2.81 bits per heavy atom. The second kappa shape index (κ2) is 9.05. The van der Waals surface area contributed by atoms with Crippen LogP contribution in [0.5, 0.6) is 0 Å². The number of fused-ring (bicyclic) bond motifs is 1. The first-order valence-electron chi connectivity index (χ1n) is 8.04. The summed E-state index contributed by atoms with van der Waals surface area (Å²) in [5.74, 6) is -0.0432. The normalized spacial score (nSPS) is 17.3. The van der Waals surface area contributed by atoms with E-state index in [2.05, 4.69) is 19.5 Å². The number of aromatic nitrogens is 4. The molecule has 27 heavy (non-hydrogen) atoms. The van der Waals surface area contributed by atoms with Crippen molar-refractivity contribution in [2.45, 2.75) is 20.3 Å². The van der Waals surface area contributed by atoms with Gasteiger partial charge in [-0.2, -0.15) is 4.98 Å². The van der Waals surface area contributed by atoms with Crippen LogP contribution in [-0.4, -0.2) is 49.0 Å². The molecule has 0 aromatic carbocycles. The maximum absolute atomic E-state index is 11.7. The van der Waals surface area contributed by atoms with Crippen LogP contribution in [0.3, 0.4) is 0 Å². The minimum absolute atomic E-state index is 0.0517. The Labute approximate surface area is 155 Å². The van der Waals surface area contributed by atoms with E-state index in [0.29, 0.717) is 12.3 Å². The first kappa shape index (κ1) is 21.0. The van der Waals surface area contributed by atoms with Gasteiger partial charge in [0.05, 0.1) is 12.5 Å². The molecular weight excluding hydrogens is 377 g/mol. The molecule has 5 N–H and O–H groups in total. The van der Waals surface area contributed by atoms with Crippen LogP contribution in [0.4, 0.5) is 5.95 Å². The number of aromatic amines is 1. The lowest BCUT2D eigenvalue weighted by Crippen LogP contribution is -2.13. The Kier molecular flexibility index (Phi) is 7.03. The Balaban J connectivity index is 0.000000465. The molecule has 1 unspecified atom stereocenters. The minimum Gasteiger partial charge on any atom is -0.465 e. The van der Waals surface area contributed by atoms with Crippen molar-refractivity contribution in [3.63, 3.8) is 0 Å². The van der Waals surface area contributed by atoms with E-state index in [1.165, 1.54) is 13.4 Å². The van der Waals surface area contributed by atoms with Gasteiger partial charge in [-0.25, -0.2) is 4.98 Å². The number of ether oxygens (including phenoxy) is 1. The fourth-order valence-electron chi connectivity index (χ4n) is 2.12. The number of carbonyl (C=O) groups excluding carboxylic acids is 1. The summed E-state index contributed by atoms with van der Waals surface area (Å²) < 4.78 is 10.8. The zero-order valence-electron chi connectivity index (χ0n) is 15.1. The van der Waals surface area contributed by atoms with Gasteiger partial charge in [-0.3, -0.25) is 19.1 Å². The topological polar surface area (TPSA) is 166 Å². The van der Waals surface area contributed by atoms with E-state index in [1.54, 1.807) is 18.4 Å². The van der Waals surface area contributed by atoms with Crippen molar-refractivity contribution in [2.24, 2.45) is 11.8 Å². The summed E-state index contributed by atoms with van der Waals surface area (Å²) in [4.78, 5) is 49.2. The molecule has 0 amide bonds. The third kappa shape index (κ3) is 5.83. The van der Waals surface area contributed by atoms with Gasteiger partial charge in [0.25, 0.3) is 5.56 Å². The van der Waals surface area contributed by atoms with Crippen LogP contribution < -0.4 is 11.3 Å². The second-order valence-corrected chi connectivity index (χ2v) is 6.97. The summed E-state index contributed by atoms with van der Waals surface area (Å²) in [6.07, 6.45) is 4.23. The van der Waals surface area contributed by atoms with Crippen LogP contribution in [0.2, 0.25) is 0 Å². The second-order valence-electron chi connectivity index (χ2n) is 6.10. The molecular formula is C15H22N5O6P. The fourth-order valence-corrected chi connectivity index (χ4v) is 2.12. The minimum atomic E-state index is -2.10. The number of hydrogen-bond donors (Lipinski definition) is 4. The van der Waals surface area contributed by atoms with E-state index in [9.17, 15) is 9.59 Å². The van der Waals surface area contributed by atoms with Gasteiger partial charge < -0.3 is 24.8 Å². The molecule has 0 aliphatic heterocycles. The number of anilines is 1. The lowest BCUT2D eigenvalue weighted by atomic mass is 10.2. The molecule has 3 rings (SSSR count). The van der Waals surface area contributed by atoms with Crippen molar-refractivity contribution in [3.8, 4) is 0 Å². The van der Waals surface area contributed by atoms with E-state index in [4.69, 9.17) is 20.3 Å². The van der Waals surface area contributed by atoms with Crippen LogP contribution in [0, 0.1) is 11.8 Å². The molecule has 0 saturated heterocycles. The summed E-state index contributed by atoms with van der Waals surface area (Å²) in [7, 11) is -0.870. The first-order valence-corrected chi connectivity index (χ1v) is 9.21. The molecule has 1 saturated carbocycles. The van der Waals surface area contributed by atoms with E-state index in [0.717, 1.165) is 12.0 Å². The van der Waals surface area contributed by atoms with Crippen molar-refractivity contribution in [2.75, 3.05) is 19.5 Å². The summed E-state index contributed by atoms with van der Waals surface area (Å²) in [6, 6.07) is 0. The van der Waals surface area contributed by atoms with Crippen LogP contribution in [0.15, 0.2) is 16.7 Å². The Hall–Kier alpha value is -2.33. The Morgan fingerprint density at radius 1 is 1.56 bits per heavy atom. The molecule has 11 nitrogen and oxygen atoms in total. The summed E-state index contributed by atoms with van der Waals surface area (Å²) in [5.41, 5.74) is 6.97. The molecule has 1 aliphatic carbocycles. The number of imidazole rings is 1. The van der Waals surface area contributed by atoms with Crippen molar-refractivity contribution in [1.29, 1.82) is 0 Å². The lowest BCUT2D eigenvalue weighted by molar-refractivity contribution is -0.147. The van der Waals surface area contributed by atoms with Gasteiger partial charge in [-0.05, 0) is 12.0 Å². The van der Waals surface area contributed by atoms with Crippen molar-refractivity contribution in [1.82, 2.24) is 19.5 Å².